The number of likely N-dealkylation sites (tertiary alicyclic amines) is 1. The van der Waals surface area contributed by atoms with Crippen LogP contribution in [0.4, 0.5) is 0 Å². The molecule has 1 amide bonds. The fourth-order valence-electron chi connectivity index (χ4n) is 3.10. The van der Waals surface area contributed by atoms with Gasteiger partial charge in [-0.2, -0.15) is 0 Å². The predicted octanol–water partition coefficient (Wildman–Crippen LogP) is 1.97. The SMILES string of the molecule is Cn1cccc1C(=O)N1CC(C(=O)O)C(c2ccccc2)C1. The van der Waals surface area contributed by atoms with E-state index < -0.39 is 11.9 Å². The van der Waals surface area contributed by atoms with Crippen LogP contribution in [0.1, 0.15) is 22.0 Å². The Kier molecular flexibility index (Phi) is 3.71. The molecule has 114 valence electrons. The van der Waals surface area contributed by atoms with Gasteiger partial charge in [0.1, 0.15) is 5.69 Å². The minimum absolute atomic E-state index is 0.114. The Balaban J connectivity index is 1.86. The molecule has 2 aromatic rings. The van der Waals surface area contributed by atoms with E-state index in [1.165, 1.54) is 0 Å². The molecule has 1 aliphatic heterocycles. The van der Waals surface area contributed by atoms with Gasteiger partial charge in [-0.25, -0.2) is 0 Å². The van der Waals surface area contributed by atoms with Crippen molar-refractivity contribution >= 4 is 11.9 Å². The summed E-state index contributed by atoms with van der Waals surface area (Å²) in [5.74, 6) is -1.69. The maximum absolute atomic E-state index is 12.6. The fraction of sp³-hybridized carbons (Fsp3) is 0.294. The van der Waals surface area contributed by atoms with E-state index in [0.717, 1.165) is 5.56 Å². The average Bonchev–Trinajstić information content (AvgIpc) is 3.14. The van der Waals surface area contributed by atoms with Gasteiger partial charge in [0.2, 0.25) is 0 Å². The minimum atomic E-state index is -0.851. The van der Waals surface area contributed by atoms with E-state index in [9.17, 15) is 14.7 Å². The van der Waals surface area contributed by atoms with E-state index in [4.69, 9.17) is 0 Å². The molecule has 2 unspecified atom stereocenters. The van der Waals surface area contributed by atoms with Crippen molar-refractivity contribution in [1.29, 1.82) is 0 Å². The van der Waals surface area contributed by atoms with E-state index in [0.29, 0.717) is 12.2 Å². The molecule has 0 spiro atoms. The summed E-state index contributed by atoms with van der Waals surface area (Å²) in [6.45, 7) is 0.684. The molecule has 1 N–H and O–H groups in total. The summed E-state index contributed by atoms with van der Waals surface area (Å²) < 4.78 is 1.76. The average molecular weight is 298 g/mol. The molecule has 5 heteroatoms. The quantitative estimate of drug-likeness (QED) is 0.942. The van der Waals surface area contributed by atoms with Crippen molar-refractivity contribution in [3.63, 3.8) is 0 Å². The molecule has 1 aliphatic rings. The van der Waals surface area contributed by atoms with Crippen molar-refractivity contribution in [2.24, 2.45) is 13.0 Å². The highest BCUT2D eigenvalue weighted by atomic mass is 16.4. The molecule has 2 heterocycles. The number of carbonyl (C=O) groups excluding carboxylic acids is 1. The number of hydrogen-bond acceptors (Lipinski definition) is 2. The van der Waals surface area contributed by atoms with Crippen LogP contribution < -0.4 is 0 Å². The number of aromatic nitrogens is 1. The highest BCUT2D eigenvalue weighted by Crippen LogP contribution is 2.33. The van der Waals surface area contributed by atoms with Crippen molar-refractivity contribution in [2.45, 2.75) is 5.92 Å². The van der Waals surface area contributed by atoms with Crippen LogP contribution in [-0.4, -0.2) is 39.5 Å². The second kappa shape index (κ2) is 5.67. The zero-order valence-electron chi connectivity index (χ0n) is 12.3. The van der Waals surface area contributed by atoms with Gasteiger partial charge in [0.15, 0.2) is 0 Å². The lowest BCUT2D eigenvalue weighted by Gasteiger charge is -2.17. The van der Waals surface area contributed by atoms with Gasteiger partial charge >= 0.3 is 5.97 Å². The summed E-state index contributed by atoms with van der Waals surface area (Å²) in [7, 11) is 1.81. The van der Waals surface area contributed by atoms with Crippen LogP contribution >= 0.6 is 0 Å². The molecule has 3 rings (SSSR count). The Labute approximate surface area is 128 Å². The second-order valence-electron chi connectivity index (χ2n) is 5.68. The summed E-state index contributed by atoms with van der Waals surface area (Å²) in [6, 6.07) is 13.1. The third kappa shape index (κ3) is 2.50. The van der Waals surface area contributed by atoms with Crippen molar-refractivity contribution in [2.75, 3.05) is 13.1 Å². The summed E-state index contributed by atoms with van der Waals surface area (Å²) in [6.07, 6.45) is 1.81. The zero-order chi connectivity index (χ0) is 15.7. The molecule has 0 saturated carbocycles. The van der Waals surface area contributed by atoms with Crippen LogP contribution in [0, 0.1) is 5.92 Å². The molecule has 22 heavy (non-hydrogen) atoms. The van der Waals surface area contributed by atoms with Gasteiger partial charge in [0.05, 0.1) is 5.92 Å². The molecule has 1 saturated heterocycles. The molecule has 0 bridgehead atoms. The van der Waals surface area contributed by atoms with Gasteiger partial charge in [0.25, 0.3) is 5.91 Å². The van der Waals surface area contributed by atoms with E-state index in [1.807, 2.05) is 49.6 Å². The molecule has 0 radical (unpaired) electrons. The van der Waals surface area contributed by atoms with Gasteiger partial charge in [-0.05, 0) is 17.7 Å². The largest absolute Gasteiger partial charge is 0.481 e. The van der Waals surface area contributed by atoms with Crippen LogP contribution in [0.15, 0.2) is 48.7 Å². The summed E-state index contributed by atoms with van der Waals surface area (Å²) in [5, 5.41) is 9.49. The molecule has 2 atom stereocenters. The molecule has 5 nitrogen and oxygen atoms in total. The number of carboxylic acids is 1. The second-order valence-corrected chi connectivity index (χ2v) is 5.68. The molecular formula is C17H18N2O3. The predicted molar refractivity (Wildman–Crippen MR) is 81.6 cm³/mol. The summed E-state index contributed by atoms with van der Waals surface area (Å²) in [5.41, 5.74) is 1.55. The topological polar surface area (TPSA) is 62.5 Å². The number of carboxylic acid groups (broad SMARTS) is 1. The highest BCUT2D eigenvalue weighted by molar-refractivity contribution is 5.93. The lowest BCUT2D eigenvalue weighted by Crippen LogP contribution is -2.31. The number of aliphatic carboxylic acids is 1. The molecule has 1 aromatic heterocycles. The van der Waals surface area contributed by atoms with Crippen LogP contribution in [0.5, 0.6) is 0 Å². The standard InChI is InChI=1S/C17H18N2O3/c1-18-9-5-8-15(18)16(20)19-10-13(14(11-19)17(21)22)12-6-3-2-4-7-12/h2-9,13-14H,10-11H2,1H3,(H,21,22). The van der Waals surface area contributed by atoms with E-state index in [1.54, 1.807) is 15.5 Å². The Morgan fingerprint density at radius 1 is 1.09 bits per heavy atom. The van der Waals surface area contributed by atoms with Crippen molar-refractivity contribution < 1.29 is 14.7 Å². The fourth-order valence-corrected chi connectivity index (χ4v) is 3.10. The number of benzene rings is 1. The maximum atomic E-state index is 12.6. The first-order valence-corrected chi connectivity index (χ1v) is 7.26. The van der Waals surface area contributed by atoms with Crippen LogP contribution in [-0.2, 0) is 11.8 Å². The monoisotopic (exact) mass is 298 g/mol. The smallest absolute Gasteiger partial charge is 0.308 e. The van der Waals surface area contributed by atoms with Crippen molar-refractivity contribution in [3.05, 3.63) is 59.9 Å². The van der Waals surface area contributed by atoms with Crippen LogP contribution in [0.2, 0.25) is 0 Å². The number of hydrogen-bond donors (Lipinski definition) is 1. The third-order valence-electron chi connectivity index (χ3n) is 4.31. The van der Waals surface area contributed by atoms with Gasteiger partial charge in [-0.15, -0.1) is 0 Å². The number of amides is 1. The van der Waals surface area contributed by atoms with Gasteiger partial charge in [-0.3, -0.25) is 9.59 Å². The lowest BCUT2D eigenvalue weighted by molar-refractivity contribution is -0.141. The van der Waals surface area contributed by atoms with Crippen LogP contribution in [0.3, 0.4) is 0 Å². The number of rotatable bonds is 3. The molecule has 1 fully saturated rings. The summed E-state index contributed by atoms with van der Waals surface area (Å²) >= 11 is 0. The first-order chi connectivity index (χ1) is 10.6. The first kappa shape index (κ1) is 14.4. The Hall–Kier alpha value is -2.56. The van der Waals surface area contributed by atoms with Crippen molar-refractivity contribution in [1.82, 2.24) is 9.47 Å². The van der Waals surface area contributed by atoms with Crippen molar-refractivity contribution in [3.8, 4) is 0 Å². The first-order valence-electron chi connectivity index (χ1n) is 7.26. The van der Waals surface area contributed by atoms with E-state index in [2.05, 4.69) is 0 Å². The number of carbonyl (C=O) groups is 2. The Morgan fingerprint density at radius 3 is 2.41 bits per heavy atom. The number of nitrogens with zero attached hydrogens (tertiary/aromatic N) is 2. The Bertz CT molecular complexity index is 693. The number of aryl methyl sites for hydroxylation is 1. The highest BCUT2D eigenvalue weighted by Gasteiger charge is 2.40. The van der Waals surface area contributed by atoms with Gasteiger partial charge in [0, 0.05) is 32.3 Å². The van der Waals surface area contributed by atoms with Gasteiger partial charge < -0.3 is 14.6 Å². The normalized spacial score (nSPS) is 21.0. The van der Waals surface area contributed by atoms with E-state index >= 15 is 0 Å². The van der Waals surface area contributed by atoms with Gasteiger partial charge in [-0.1, -0.05) is 30.3 Å². The summed E-state index contributed by atoms with van der Waals surface area (Å²) in [4.78, 5) is 25.8. The lowest BCUT2D eigenvalue weighted by atomic mass is 9.89. The molecular weight excluding hydrogens is 280 g/mol. The Morgan fingerprint density at radius 2 is 1.82 bits per heavy atom. The van der Waals surface area contributed by atoms with E-state index in [-0.39, 0.29) is 18.4 Å². The third-order valence-corrected chi connectivity index (χ3v) is 4.31. The zero-order valence-corrected chi connectivity index (χ0v) is 12.3. The minimum Gasteiger partial charge on any atom is -0.481 e. The molecule has 0 aliphatic carbocycles. The molecule has 1 aromatic carbocycles. The van der Waals surface area contributed by atoms with Crippen LogP contribution in [0.25, 0.3) is 0 Å². The maximum Gasteiger partial charge on any atom is 0.308 e.